The number of aromatic nitrogens is 1. The number of nitrogens with one attached hydrogen (secondary N) is 4. The van der Waals surface area contributed by atoms with Crippen molar-refractivity contribution < 1.29 is 0 Å². The van der Waals surface area contributed by atoms with Gasteiger partial charge in [-0.2, -0.15) is 0 Å². The molecule has 0 saturated carbocycles. The molecule has 0 aliphatic carbocycles. The minimum absolute atomic E-state index is 0.531. The number of piperidine rings is 1. The maximum absolute atomic E-state index is 4.43. The Morgan fingerprint density at radius 1 is 1.11 bits per heavy atom. The van der Waals surface area contributed by atoms with Crippen molar-refractivity contribution in [2.24, 2.45) is 4.99 Å². The van der Waals surface area contributed by atoms with Gasteiger partial charge in [0.1, 0.15) is 5.84 Å². The Hall–Kier alpha value is -3.34. The molecule has 5 rings (SSSR count). The Kier molecular flexibility index (Phi) is 9.58. The quantitative estimate of drug-likeness (QED) is 0.236. The second-order valence-corrected chi connectivity index (χ2v) is 10.1. The van der Waals surface area contributed by atoms with Crippen LogP contribution in [0.25, 0.3) is 10.9 Å². The molecule has 3 aromatic rings. The highest BCUT2D eigenvalue weighted by Crippen LogP contribution is 2.26. The molecule has 6 nitrogen and oxygen atoms in total. The summed E-state index contributed by atoms with van der Waals surface area (Å²) in [6.07, 6.45) is 4.44. The van der Waals surface area contributed by atoms with Crippen molar-refractivity contribution in [2.75, 3.05) is 43.9 Å². The van der Waals surface area contributed by atoms with Crippen LogP contribution in [0, 0.1) is 11.8 Å². The van der Waals surface area contributed by atoms with E-state index >= 15 is 0 Å². The molecule has 0 spiro atoms. The number of hydrogen-bond donors (Lipinski definition) is 4. The molecule has 1 aromatic heterocycles. The van der Waals surface area contributed by atoms with Crippen LogP contribution in [0.15, 0.2) is 70.1 Å². The van der Waals surface area contributed by atoms with Gasteiger partial charge in [0.05, 0.1) is 18.8 Å². The van der Waals surface area contributed by atoms with Gasteiger partial charge in [-0.15, -0.1) is 0 Å². The van der Waals surface area contributed by atoms with Crippen molar-refractivity contribution in [1.82, 2.24) is 14.6 Å². The standard InChI is InChI=1S/C28H32N6S.C2H6/c1-20-17-28(30-19-20)33-35-24-10-8-21(9-11-24)29-14-4-5-23-18-25-26(6-3-7-27(25)32-23)31-22-12-15-34(2)16-13-22;1-2/h3,6-11,17-18,22,29,31-32H,12-16,19H2,1-2H3,(H,30,33);1-2H3. The zero-order chi connectivity index (χ0) is 26.0. The fourth-order valence-electron chi connectivity index (χ4n) is 4.36. The summed E-state index contributed by atoms with van der Waals surface area (Å²) < 4.78 is 3.30. The molecule has 7 heteroatoms. The van der Waals surface area contributed by atoms with Gasteiger partial charge in [0.25, 0.3) is 0 Å². The van der Waals surface area contributed by atoms with Gasteiger partial charge in [0, 0.05) is 33.2 Å². The number of rotatable bonds is 6. The molecule has 2 aromatic carbocycles. The van der Waals surface area contributed by atoms with Gasteiger partial charge in [0.2, 0.25) is 0 Å². The number of nitrogens with zero attached hydrogens (tertiary/aromatic N) is 2. The third-order valence-electron chi connectivity index (χ3n) is 6.36. The van der Waals surface area contributed by atoms with Crippen molar-refractivity contribution in [3.63, 3.8) is 0 Å². The molecule has 1 saturated heterocycles. The van der Waals surface area contributed by atoms with E-state index in [1.54, 1.807) is 11.9 Å². The van der Waals surface area contributed by atoms with Crippen LogP contribution < -0.4 is 15.4 Å². The van der Waals surface area contributed by atoms with Crippen LogP contribution in [-0.2, 0) is 0 Å². The fraction of sp³-hybridized carbons (Fsp3) is 0.367. The van der Waals surface area contributed by atoms with E-state index in [0.717, 1.165) is 47.3 Å². The summed E-state index contributed by atoms with van der Waals surface area (Å²) in [6.45, 7) is 9.77. The molecule has 2 aliphatic rings. The molecule has 0 bridgehead atoms. The van der Waals surface area contributed by atoms with E-state index in [-0.39, 0.29) is 0 Å². The zero-order valence-electron chi connectivity index (χ0n) is 22.3. The Morgan fingerprint density at radius 2 is 1.89 bits per heavy atom. The summed E-state index contributed by atoms with van der Waals surface area (Å²) >= 11 is 1.58. The highest BCUT2D eigenvalue weighted by Gasteiger charge is 2.17. The molecule has 4 N–H and O–H groups in total. The molecule has 194 valence electrons. The lowest BCUT2D eigenvalue weighted by atomic mass is 10.0. The minimum Gasteiger partial charge on any atom is -0.382 e. The lowest BCUT2D eigenvalue weighted by molar-refractivity contribution is 0.264. The number of aromatic amines is 1. The number of amidine groups is 1. The predicted molar refractivity (Wildman–Crippen MR) is 161 cm³/mol. The minimum atomic E-state index is 0.531. The maximum Gasteiger partial charge on any atom is 0.131 e. The fourth-order valence-corrected chi connectivity index (χ4v) is 4.97. The number of anilines is 2. The lowest BCUT2D eigenvalue weighted by Crippen LogP contribution is -2.36. The van der Waals surface area contributed by atoms with Crippen molar-refractivity contribution >= 4 is 40.1 Å². The van der Waals surface area contributed by atoms with Crippen molar-refractivity contribution in [3.8, 4) is 11.8 Å². The van der Waals surface area contributed by atoms with E-state index in [1.165, 1.54) is 29.5 Å². The number of H-pyrrole nitrogens is 1. The van der Waals surface area contributed by atoms with Gasteiger partial charge in [-0.3, -0.25) is 4.99 Å². The molecule has 0 unspecified atom stereocenters. The topological polar surface area (TPSA) is 67.5 Å². The summed E-state index contributed by atoms with van der Waals surface area (Å²) in [4.78, 5) is 11.4. The van der Waals surface area contributed by atoms with Crippen LogP contribution in [0.3, 0.4) is 0 Å². The molecule has 3 heterocycles. The maximum atomic E-state index is 4.43. The summed E-state index contributed by atoms with van der Waals surface area (Å²) in [6, 6.07) is 17.4. The largest absolute Gasteiger partial charge is 0.382 e. The third-order valence-corrected chi connectivity index (χ3v) is 7.18. The SMILES string of the molecule is CC.CC1=CC(NSc2ccc(NCC#Cc3cc4c(NC5CCN(C)CC5)cccc4[nH]3)cc2)=NC1. The molecule has 37 heavy (non-hydrogen) atoms. The second kappa shape index (κ2) is 13.3. The molecule has 0 amide bonds. The molecule has 2 aliphatic heterocycles. The van der Waals surface area contributed by atoms with Crippen molar-refractivity contribution in [2.45, 2.75) is 44.6 Å². The first-order valence-corrected chi connectivity index (χ1v) is 14.0. The highest BCUT2D eigenvalue weighted by molar-refractivity contribution is 7.98. The number of fused-ring (bicyclic) bond motifs is 1. The smallest absolute Gasteiger partial charge is 0.131 e. The van der Waals surface area contributed by atoms with E-state index in [0.29, 0.717) is 12.6 Å². The lowest BCUT2D eigenvalue weighted by Gasteiger charge is -2.30. The van der Waals surface area contributed by atoms with Gasteiger partial charge in [-0.05, 0) is 112 Å². The van der Waals surface area contributed by atoms with Gasteiger partial charge >= 0.3 is 0 Å². The van der Waals surface area contributed by atoms with E-state index < -0.39 is 0 Å². The number of likely N-dealkylation sites (tertiary alicyclic amines) is 1. The van der Waals surface area contributed by atoms with Crippen LogP contribution in [-0.4, -0.2) is 55.0 Å². The van der Waals surface area contributed by atoms with Crippen LogP contribution >= 0.6 is 11.9 Å². The second-order valence-electron chi connectivity index (χ2n) is 9.25. The monoisotopic (exact) mass is 514 g/mol. The average molecular weight is 515 g/mol. The Balaban J connectivity index is 0.00000156. The van der Waals surface area contributed by atoms with Gasteiger partial charge in [-0.25, -0.2) is 0 Å². The van der Waals surface area contributed by atoms with Crippen molar-refractivity contribution in [3.05, 3.63) is 65.9 Å². The van der Waals surface area contributed by atoms with Gasteiger partial charge in [-0.1, -0.05) is 25.8 Å². The van der Waals surface area contributed by atoms with Crippen LogP contribution in [0.4, 0.5) is 11.4 Å². The normalized spacial score (nSPS) is 15.7. The molecular formula is C30H38N6S. The van der Waals surface area contributed by atoms with E-state index in [9.17, 15) is 0 Å². The zero-order valence-corrected chi connectivity index (χ0v) is 23.1. The van der Waals surface area contributed by atoms with Crippen molar-refractivity contribution in [1.29, 1.82) is 0 Å². The Bertz CT molecular complexity index is 1290. The van der Waals surface area contributed by atoms with E-state index in [2.05, 4.69) is 111 Å². The first-order chi connectivity index (χ1) is 18.1. The number of aliphatic imine (C=N–C) groups is 1. The number of benzene rings is 2. The summed E-state index contributed by atoms with van der Waals surface area (Å²) in [5, 5.41) is 8.34. The third kappa shape index (κ3) is 7.58. The van der Waals surface area contributed by atoms with Crippen LogP contribution in [0.5, 0.6) is 0 Å². The summed E-state index contributed by atoms with van der Waals surface area (Å²) in [7, 11) is 2.20. The van der Waals surface area contributed by atoms with Crippen LogP contribution in [0.2, 0.25) is 0 Å². The van der Waals surface area contributed by atoms with E-state index in [1.807, 2.05) is 13.8 Å². The molecule has 0 atom stereocenters. The summed E-state index contributed by atoms with van der Waals surface area (Å²) in [5.74, 6) is 7.45. The first-order valence-electron chi connectivity index (χ1n) is 13.2. The summed E-state index contributed by atoms with van der Waals surface area (Å²) in [5.41, 5.74) is 5.59. The van der Waals surface area contributed by atoms with Gasteiger partial charge in [0.15, 0.2) is 0 Å². The highest BCUT2D eigenvalue weighted by atomic mass is 32.2. The van der Waals surface area contributed by atoms with Gasteiger partial charge < -0.3 is 25.2 Å². The molecule has 1 fully saturated rings. The van der Waals surface area contributed by atoms with Crippen LogP contribution in [0.1, 0.15) is 39.3 Å². The first kappa shape index (κ1) is 26.7. The molecule has 0 radical (unpaired) electrons. The average Bonchev–Trinajstić information content (AvgIpc) is 3.55. The molecular weight excluding hydrogens is 476 g/mol. The Labute approximate surface area is 225 Å². The Morgan fingerprint density at radius 3 is 2.62 bits per heavy atom. The van der Waals surface area contributed by atoms with E-state index in [4.69, 9.17) is 0 Å². The number of hydrogen-bond acceptors (Lipinski definition) is 6. The predicted octanol–water partition coefficient (Wildman–Crippen LogP) is 6.12.